The molecule has 0 fully saturated rings. The van der Waals surface area contributed by atoms with E-state index in [2.05, 4.69) is 37.1 Å². The van der Waals surface area contributed by atoms with E-state index in [-0.39, 0.29) is 25.5 Å². The van der Waals surface area contributed by atoms with Gasteiger partial charge in [0.15, 0.2) is 23.2 Å². The standard InChI is InChI=1S/C31H30BrN5O8S/c1-4-43-30(39)27-18(2)34-31(46)35-28(27)22-10-5-6-11-24(22)44-17-26(38)36-33-15-20-13-23(32)29(25(14-20)42-3)45-16-19-8-7-9-21(12-19)37(40)41/h5-15,28H,4,16-17H2,1-3H3,(H,36,38)(H2,34,35,46)/t28-/m0/s1. The Labute approximate surface area is 278 Å². The van der Waals surface area contributed by atoms with Gasteiger partial charge >= 0.3 is 5.97 Å². The maximum atomic E-state index is 12.8. The van der Waals surface area contributed by atoms with E-state index in [0.717, 1.165) is 0 Å². The molecule has 3 N–H and O–H groups in total. The molecular weight excluding hydrogens is 682 g/mol. The minimum atomic E-state index is -0.656. The van der Waals surface area contributed by atoms with Crippen LogP contribution in [-0.4, -0.2) is 48.5 Å². The Kier molecular flexibility index (Phi) is 11.6. The Morgan fingerprint density at radius 2 is 1.91 bits per heavy atom. The SMILES string of the molecule is CCOC(=O)C1=C(C)NC(=S)N[C@H]1c1ccccc1OCC(=O)NN=Cc1cc(Br)c(OCc2cccc([N+](=O)[O-])c2)c(OC)c1. The van der Waals surface area contributed by atoms with Crippen LogP contribution in [0.25, 0.3) is 0 Å². The number of benzene rings is 3. The van der Waals surface area contributed by atoms with Crippen molar-refractivity contribution in [3.8, 4) is 17.2 Å². The van der Waals surface area contributed by atoms with E-state index in [1.165, 1.54) is 25.5 Å². The van der Waals surface area contributed by atoms with Gasteiger partial charge in [-0.2, -0.15) is 5.10 Å². The lowest BCUT2D eigenvalue weighted by Crippen LogP contribution is -2.45. The predicted octanol–water partition coefficient (Wildman–Crippen LogP) is 4.83. The Morgan fingerprint density at radius 3 is 2.65 bits per heavy atom. The molecule has 0 spiro atoms. The highest BCUT2D eigenvalue weighted by molar-refractivity contribution is 9.10. The molecule has 13 nitrogen and oxygen atoms in total. The highest BCUT2D eigenvalue weighted by Gasteiger charge is 2.32. The Hall–Kier alpha value is -5.02. The van der Waals surface area contributed by atoms with Crippen LogP contribution in [0.2, 0.25) is 0 Å². The lowest BCUT2D eigenvalue weighted by molar-refractivity contribution is -0.384. The minimum absolute atomic E-state index is 0.0332. The molecule has 1 amide bonds. The highest BCUT2D eigenvalue weighted by Crippen LogP contribution is 2.37. The first kappa shape index (κ1) is 33.9. The van der Waals surface area contributed by atoms with Gasteiger partial charge in [-0.05, 0) is 71.3 Å². The van der Waals surface area contributed by atoms with Gasteiger partial charge in [0.2, 0.25) is 0 Å². The zero-order chi connectivity index (χ0) is 33.2. The summed E-state index contributed by atoms with van der Waals surface area (Å²) in [5, 5.41) is 21.4. The van der Waals surface area contributed by atoms with Crippen molar-refractivity contribution in [1.29, 1.82) is 0 Å². The number of hydrogen-bond donors (Lipinski definition) is 3. The number of halogens is 1. The first-order valence-corrected chi connectivity index (χ1v) is 15.0. The zero-order valence-electron chi connectivity index (χ0n) is 25.0. The summed E-state index contributed by atoms with van der Waals surface area (Å²) < 4.78 is 23.0. The van der Waals surface area contributed by atoms with Crippen molar-refractivity contribution in [2.24, 2.45) is 5.10 Å². The number of rotatable bonds is 13. The summed E-state index contributed by atoms with van der Waals surface area (Å²) in [6, 6.07) is 15.8. The monoisotopic (exact) mass is 711 g/mol. The first-order chi connectivity index (χ1) is 22.1. The van der Waals surface area contributed by atoms with Gasteiger partial charge < -0.3 is 29.6 Å². The van der Waals surface area contributed by atoms with E-state index in [0.29, 0.717) is 54.8 Å². The number of hydrogen-bond acceptors (Lipinski definition) is 10. The fourth-order valence-corrected chi connectivity index (χ4v) is 5.33. The van der Waals surface area contributed by atoms with Crippen LogP contribution in [-0.2, 0) is 20.9 Å². The zero-order valence-corrected chi connectivity index (χ0v) is 27.4. The number of methoxy groups -OCH3 is 1. The minimum Gasteiger partial charge on any atom is -0.493 e. The van der Waals surface area contributed by atoms with Crippen LogP contribution in [0.5, 0.6) is 17.2 Å². The van der Waals surface area contributed by atoms with Crippen LogP contribution in [0.4, 0.5) is 5.69 Å². The maximum Gasteiger partial charge on any atom is 0.338 e. The molecule has 1 atom stereocenters. The number of allylic oxidation sites excluding steroid dienone is 1. The number of ether oxygens (including phenoxy) is 4. The molecule has 240 valence electrons. The van der Waals surface area contributed by atoms with E-state index >= 15 is 0 Å². The largest absolute Gasteiger partial charge is 0.493 e. The maximum absolute atomic E-state index is 12.8. The molecule has 0 radical (unpaired) electrons. The number of nitro groups is 1. The molecular formula is C31H30BrN5O8S. The van der Waals surface area contributed by atoms with Crippen LogP contribution in [0, 0.1) is 10.1 Å². The van der Waals surface area contributed by atoms with Gasteiger partial charge in [0.25, 0.3) is 11.6 Å². The number of esters is 1. The van der Waals surface area contributed by atoms with Crippen molar-refractivity contribution in [1.82, 2.24) is 16.1 Å². The van der Waals surface area contributed by atoms with E-state index in [9.17, 15) is 19.7 Å². The Morgan fingerprint density at radius 1 is 1.13 bits per heavy atom. The number of nitrogens with one attached hydrogen (secondary N) is 3. The van der Waals surface area contributed by atoms with E-state index < -0.39 is 22.8 Å². The molecule has 0 aromatic heterocycles. The summed E-state index contributed by atoms with van der Waals surface area (Å²) >= 11 is 8.77. The second kappa shape index (κ2) is 15.8. The molecule has 0 bridgehead atoms. The average molecular weight is 713 g/mol. The third-order valence-electron chi connectivity index (χ3n) is 6.51. The van der Waals surface area contributed by atoms with Crippen molar-refractivity contribution in [3.63, 3.8) is 0 Å². The van der Waals surface area contributed by atoms with Crippen LogP contribution in [0.15, 0.2) is 81.5 Å². The molecule has 3 aromatic rings. The molecule has 3 aromatic carbocycles. The van der Waals surface area contributed by atoms with Crippen LogP contribution in [0.1, 0.15) is 36.6 Å². The number of carbonyl (C=O) groups excluding carboxylic acids is 2. The van der Waals surface area contributed by atoms with Gasteiger partial charge in [-0.15, -0.1) is 0 Å². The van der Waals surface area contributed by atoms with Crippen molar-refractivity contribution in [3.05, 3.63) is 103 Å². The molecule has 0 saturated heterocycles. The number of thiocarbonyl (C=S) groups is 1. The Balaban J connectivity index is 1.39. The topological polar surface area (TPSA) is 163 Å². The molecule has 0 unspecified atom stereocenters. The smallest absolute Gasteiger partial charge is 0.338 e. The summed E-state index contributed by atoms with van der Waals surface area (Å²) in [7, 11) is 1.47. The number of hydrazone groups is 1. The fraction of sp³-hybridized carbons (Fsp3) is 0.226. The molecule has 1 heterocycles. The molecule has 46 heavy (non-hydrogen) atoms. The van der Waals surface area contributed by atoms with Gasteiger partial charge in [0, 0.05) is 23.4 Å². The quantitative estimate of drug-likeness (QED) is 0.0732. The summed E-state index contributed by atoms with van der Waals surface area (Å²) in [6.45, 7) is 3.37. The lowest BCUT2D eigenvalue weighted by atomic mass is 9.95. The second-order valence-corrected chi connectivity index (χ2v) is 10.9. The van der Waals surface area contributed by atoms with Crippen molar-refractivity contribution in [2.75, 3.05) is 20.3 Å². The number of carbonyl (C=O) groups is 2. The number of amides is 1. The van der Waals surface area contributed by atoms with Crippen molar-refractivity contribution < 1.29 is 33.5 Å². The summed E-state index contributed by atoms with van der Waals surface area (Å²) in [6.07, 6.45) is 1.42. The molecule has 0 saturated carbocycles. The first-order valence-electron chi connectivity index (χ1n) is 13.8. The van der Waals surface area contributed by atoms with E-state index in [4.69, 9.17) is 31.2 Å². The van der Waals surface area contributed by atoms with Crippen LogP contribution >= 0.6 is 28.1 Å². The van der Waals surface area contributed by atoms with Gasteiger partial charge in [0.1, 0.15) is 12.4 Å². The van der Waals surface area contributed by atoms with Crippen molar-refractivity contribution in [2.45, 2.75) is 26.5 Å². The van der Waals surface area contributed by atoms with Crippen LogP contribution in [0.3, 0.4) is 0 Å². The van der Waals surface area contributed by atoms with Crippen molar-refractivity contribution >= 4 is 57.0 Å². The van der Waals surface area contributed by atoms with Crippen LogP contribution < -0.4 is 30.3 Å². The van der Waals surface area contributed by atoms with Gasteiger partial charge in [-0.1, -0.05) is 30.3 Å². The summed E-state index contributed by atoms with van der Waals surface area (Å²) in [5.41, 5.74) is 5.08. The fourth-order valence-electron chi connectivity index (χ4n) is 4.48. The average Bonchev–Trinajstić information content (AvgIpc) is 3.03. The highest BCUT2D eigenvalue weighted by atomic mass is 79.9. The third-order valence-corrected chi connectivity index (χ3v) is 7.32. The molecule has 4 rings (SSSR count). The number of non-ortho nitro benzene ring substituents is 1. The lowest BCUT2D eigenvalue weighted by Gasteiger charge is -2.30. The van der Waals surface area contributed by atoms with Gasteiger partial charge in [0.05, 0.1) is 40.9 Å². The van der Waals surface area contributed by atoms with Gasteiger partial charge in [-0.3, -0.25) is 14.9 Å². The number of nitrogens with zero attached hydrogens (tertiary/aromatic N) is 2. The predicted molar refractivity (Wildman–Crippen MR) is 177 cm³/mol. The van der Waals surface area contributed by atoms with Gasteiger partial charge in [-0.25, -0.2) is 10.2 Å². The molecule has 1 aliphatic heterocycles. The van der Waals surface area contributed by atoms with E-state index in [1.54, 1.807) is 62.4 Å². The van der Waals surface area contributed by atoms with E-state index in [1.807, 2.05) is 0 Å². The molecule has 1 aliphatic rings. The molecule has 15 heteroatoms. The number of para-hydroxylation sites is 1. The molecule has 0 aliphatic carbocycles. The Bertz CT molecular complexity index is 1710. The third kappa shape index (κ3) is 8.57. The normalized spacial score (nSPS) is 14.3. The summed E-state index contributed by atoms with van der Waals surface area (Å²) in [5.74, 6) is 0.111. The summed E-state index contributed by atoms with van der Waals surface area (Å²) in [4.78, 5) is 36.0. The second-order valence-electron chi connectivity index (χ2n) is 9.66. The number of nitro benzene ring substituents is 1.